The van der Waals surface area contributed by atoms with Crippen molar-refractivity contribution in [3.8, 4) is 0 Å². The average molecular weight is 275 g/mol. The third-order valence-corrected chi connectivity index (χ3v) is 1.94. The quantitative estimate of drug-likeness (QED) is 0.289. The van der Waals surface area contributed by atoms with Crippen LogP contribution in [0.15, 0.2) is 43.0 Å². The summed E-state index contributed by atoms with van der Waals surface area (Å²) in [5.74, 6) is -0.770. The highest BCUT2D eigenvalue weighted by atomic mass is 16.5. The SMILES string of the molecule is C=CC(=O)OCC.[N-]=[N+]=CC(=O)NCc1ccccc1. The number of benzene rings is 1. The van der Waals surface area contributed by atoms with Gasteiger partial charge in [0.2, 0.25) is 0 Å². The molecular weight excluding hydrogens is 258 g/mol. The molecule has 20 heavy (non-hydrogen) atoms. The summed E-state index contributed by atoms with van der Waals surface area (Å²) in [4.78, 5) is 23.5. The molecule has 1 aromatic rings. The number of carbonyl (C=O) groups is 2. The van der Waals surface area contributed by atoms with E-state index in [1.807, 2.05) is 30.3 Å². The van der Waals surface area contributed by atoms with E-state index >= 15 is 0 Å². The van der Waals surface area contributed by atoms with Gasteiger partial charge in [-0.25, -0.2) is 4.79 Å². The van der Waals surface area contributed by atoms with Gasteiger partial charge in [0.15, 0.2) is 0 Å². The minimum atomic E-state index is -0.411. The molecule has 0 aliphatic rings. The van der Waals surface area contributed by atoms with Crippen LogP contribution in [0.5, 0.6) is 0 Å². The molecule has 0 aliphatic carbocycles. The molecule has 1 rings (SSSR count). The summed E-state index contributed by atoms with van der Waals surface area (Å²) < 4.78 is 4.43. The van der Waals surface area contributed by atoms with Crippen molar-refractivity contribution in [1.29, 1.82) is 0 Å². The number of esters is 1. The van der Waals surface area contributed by atoms with Gasteiger partial charge in [0.05, 0.1) is 6.61 Å². The third kappa shape index (κ3) is 9.32. The summed E-state index contributed by atoms with van der Waals surface area (Å²) >= 11 is 0. The number of rotatable bonds is 5. The molecule has 6 heteroatoms. The molecule has 1 amide bonds. The van der Waals surface area contributed by atoms with Gasteiger partial charge in [-0.15, -0.1) is 0 Å². The summed E-state index contributed by atoms with van der Waals surface area (Å²) in [5.41, 5.74) is 9.04. The maximum absolute atomic E-state index is 10.8. The molecule has 0 atom stereocenters. The second kappa shape index (κ2) is 11.4. The van der Waals surface area contributed by atoms with E-state index in [-0.39, 0.29) is 5.97 Å². The van der Waals surface area contributed by atoms with Gasteiger partial charge in [-0.3, -0.25) is 4.79 Å². The second-order valence-corrected chi connectivity index (χ2v) is 3.40. The minimum Gasteiger partial charge on any atom is -0.463 e. The maximum Gasteiger partial charge on any atom is 0.344 e. The number of hydrogen-bond donors (Lipinski definition) is 1. The molecule has 6 nitrogen and oxygen atoms in total. The molecule has 0 aliphatic heterocycles. The van der Waals surface area contributed by atoms with Gasteiger partial charge < -0.3 is 15.6 Å². The van der Waals surface area contributed by atoms with Crippen molar-refractivity contribution in [2.45, 2.75) is 13.5 Å². The summed E-state index contributed by atoms with van der Waals surface area (Å²) in [7, 11) is 0. The number of carbonyl (C=O) groups excluding carboxylic acids is 2. The van der Waals surface area contributed by atoms with Crippen molar-refractivity contribution in [3.63, 3.8) is 0 Å². The smallest absolute Gasteiger partial charge is 0.344 e. The fourth-order valence-corrected chi connectivity index (χ4v) is 1.08. The van der Waals surface area contributed by atoms with Crippen LogP contribution in [-0.2, 0) is 20.9 Å². The lowest BCUT2D eigenvalue weighted by Gasteiger charge is -1.98. The molecule has 0 saturated heterocycles. The Kier molecular flexibility index (Phi) is 9.83. The Balaban J connectivity index is 0.000000441. The number of nitrogens with one attached hydrogen (secondary N) is 1. The standard InChI is InChI=1S/C9H9N3O.C5H8O2/c10-12-7-9(13)11-6-8-4-2-1-3-5-8;1-3-5(6)7-4-2/h1-5,7H,6H2,(H,11,13);3H,1,4H2,2H3. The van der Waals surface area contributed by atoms with Crippen LogP contribution < -0.4 is 5.32 Å². The molecule has 1 aromatic carbocycles. The fraction of sp³-hybridized carbons (Fsp3) is 0.214. The molecule has 0 spiro atoms. The first-order valence-corrected chi connectivity index (χ1v) is 5.92. The lowest BCUT2D eigenvalue weighted by atomic mass is 10.2. The van der Waals surface area contributed by atoms with E-state index in [0.29, 0.717) is 13.2 Å². The Bertz CT molecular complexity index is 480. The van der Waals surface area contributed by atoms with E-state index < -0.39 is 5.91 Å². The van der Waals surface area contributed by atoms with Crippen LogP contribution in [0.2, 0.25) is 0 Å². The third-order valence-electron chi connectivity index (χ3n) is 1.94. The lowest BCUT2D eigenvalue weighted by molar-refractivity contribution is -0.137. The van der Waals surface area contributed by atoms with Crippen LogP contribution >= 0.6 is 0 Å². The van der Waals surface area contributed by atoms with Gasteiger partial charge in [0.25, 0.3) is 0 Å². The maximum atomic E-state index is 10.8. The van der Waals surface area contributed by atoms with Gasteiger partial charge in [0, 0.05) is 12.6 Å². The largest absolute Gasteiger partial charge is 0.463 e. The van der Waals surface area contributed by atoms with E-state index in [1.54, 1.807) is 6.92 Å². The monoisotopic (exact) mass is 275 g/mol. The van der Waals surface area contributed by atoms with Gasteiger partial charge in [-0.2, -0.15) is 4.79 Å². The molecule has 0 heterocycles. The van der Waals surface area contributed by atoms with Gasteiger partial charge in [-0.05, 0) is 12.5 Å². The number of hydrogen-bond acceptors (Lipinski definition) is 3. The average Bonchev–Trinajstić information content (AvgIpc) is 2.47. The zero-order chi connectivity index (χ0) is 15.2. The van der Waals surface area contributed by atoms with Crippen molar-refractivity contribution in [1.82, 2.24) is 5.32 Å². The van der Waals surface area contributed by atoms with E-state index in [9.17, 15) is 9.59 Å². The van der Waals surface area contributed by atoms with Crippen LogP contribution in [0.1, 0.15) is 12.5 Å². The normalized spacial score (nSPS) is 8.25. The molecule has 0 unspecified atom stereocenters. The van der Waals surface area contributed by atoms with Crippen LogP contribution in [-0.4, -0.2) is 29.5 Å². The van der Waals surface area contributed by atoms with Crippen molar-refractivity contribution >= 4 is 18.1 Å². The minimum absolute atomic E-state index is 0.359. The Morgan fingerprint density at radius 1 is 1.40 bits per heavy atom. The van der Waals surface area contributed by atoms with Crippen molar-refractivity contribution < 1.29 is 19.1 Å². The predicted octanol–water partition coefficient (Wildman–Crippen LogP) is 1.34. The molecule has 0 bridgehead atoms. The van der Waals surface area contributed by atoms with Crippen LogP contribution in [0.25, 0.3) is 5.53 Å². The number of amides is 1. The zero-order valence-electron chi connectivity index (χ0n) is 11.3. The molecule has 0 radical (unpaired) electrons. The summed E-state index contributed by atoms with van der Waals surface area (Å²) in [6.07, 6.45) is 1.96. The molecule has 0 saturated carbocycles. The molecule has 0 fully saturated rings. The Morgan fingerprint density at radius 3 is 2.50 bits per heavy atom. The van der Waals surface area contributed by atoms with Crippen molar-refractivity contribution in [3.05, 3.63) is 54.1 Å². The summed E-state index contributed by atoms with van der Waals surface area (Å²) in [6, 6.07) is 9.48. The molecular formula is C14H17N3O3. The number of nitrogens with zero attached hydrogens (tertiary/aromatic N) is 2. The van der Waals surface area contributed by atoms with Gasteiger partial charge in [0.1, 0.15) is 0 Å². The van der Waals surface area contributed by atoms with E-state index in [2.05, 4.69) is 21.4 Å². The first-order valence-electron chi connectivity index (χ1n) is 5.92. The lowest BCUT2D eigenvalue weighted by Crippen LogP contribution is -2.23. The van der Waals surface area contributed by atoms with Crippen molar-refractivity contribution in [2.75, 3.05) is 6.61 Å². The van der Waals surface area contributed by atoms with Crippen LogP contribution in [0.4, 0.5) is 0 Å². The van der Waals surface area contributed by atoms with E-state index in [1.165, 1.54) is 0 Å². The highest BCUT2D eigenvalue weighted by Crippen LogP contribution is 1.96. The molecule has 106 valence electrons. The molecule has 0 aromatic heterocycles. The fourth-order valence-electron chi connectivity index (χ4n) is 1.08. The van der Waals surface area contributed by atoms with E-state index in [0.717, 1.165) is 17.9 Å². The zero-order valence-corrected chi connectivity index (χ0v) is 11.3. The van der Waals surface area contributed by atoms with Gasteiger partial charge in [-0.1, -0.05) is 36.9 Å². The Labute approximate surface area is 117 Å². The first-order chi connectivity index (χ1) is 9.63. The highest BCUT2D eigenvalue weighted by Gasteiger charge is 1.99. The topological polar surface area (TPSA) is 91.8 Å². The summed E-state index contributed by atoms with van der Waals surface area (Å²) in [6.45, 7) is 5.81. The number of ether oxygens (including phenoxy) is 1. The van der Waals surface area contributed by atoms with Crippen molar-refractivity contribution in [2.24, 2.45) is 0 Å². The second-order valence-electron chi connectivity index (χ2n) is 3.40. The van der Waals surface area contributed by atoms with Crippen LogP contribution in [0, 0.1) is 0 Å². The van der Waals surface area contributed by atoms with Crippen LogP contribution in [0.3, 0.4) is 0 Å². The summed E-state index contributed by atoms with van der Waals surface area (Å²) in [5, 5.41) is 2.55. The molecule has 1 N–H and O–H groups in total. The first kappa shape index (κ1) is 17.3. The Hall–Kier alpha value is -2.72. The predicted molar refractivity (Wildman–Crippen MR) is 74.8 cm³/mol. The Morgan fingerprint density at radius 2 is 2.05 bits per heavy atom. The van der Waals surface area contributed by atoms with Gasteiger partial charge >= 0.3 is 18.1 Å². The van der Waals surface area contributed by atoms with E-state index in [4.69, 9.17) is 5.53 Å². The highest BCUT2D eigenvalue weighted by molar-refractivity contribution is 6.23.